The number of guanidine groups is 1. The van der Waals surface area contributed by atoms with Crippen LogP contribution in [0.15, 0.2) is 59.6 Å². The number of carbonyl (C=O) groups excluding carboxylic acids is 16. The molecule has 43 nitrogen and oxygen atoms in total. The van der Waals surface area contributed by atoms with E-state index in [1.165, 1.54) is 52.0 Å². The number of carbonyl (C=O) groups is 17. The van der Waals surface area contributed by atoms with Gasteiger partial charge >= 0.3 is 11.9 Å². The fourth-order valence-electron chi connectivity index (χ4n) is 11.8. The van der Waals surface area contributed by atoms with Crippen LogP contribution in [0.25, 0.3) is 0 Å². The number of esters is 1. The smallest absolute Gasteiger partial charge is 0.328 e. The van der Waals surface area contributed by atoms with E-state index >= 15 is 0 Å². The molecule has 15 amide bonds. The van der Waals surface area contributed by atoms with Crippen molar-refractivity contribution in [2.45, 2.75) is 215 Å². The maximum Gasteiger partial charge on any atom is 0.328 e. The topological polar surface area (TPSA) is 697 Å². The van der Waals surface area contributed by atoms with E-state index in [4.69, 9.17) is 27.7 Å². The molecule has 2 aromatic rings. The van der Waals surface area contributed by atoms with Crippen LogP contribution in [0.2, 0.25) is 0 Å². The van der Waals surface area contributed by atoms with Crippen molar-refractivity contribution in [2.24, 2.45) is 39.8 Å². The number of unbranched alkanes of at least 4 members (excludes halogenated alkanes) is 1. The number of hydrogen-bond acceptors (Lipinski definition) is 28. The molecule has 2 aromatic carbocycles. The molecule has 0 aromatic heterocycles. The Labute approximate surface area is 704 Å². The van der Waals surface area contributed by atoms with Crippen LogP contribution in [0, 0.1) is 11.8 Å². The molecule has 2 aliphatic heterocycles. The average molecular weight is 1750 g/mol. The number of ether oxygens (including phenoxy) is 1. The molecule has 1 unspecified atom stereocenters. The van der Waals surface area contributed by atoms with Gasteiger partial charge in [-0.25, -0.2) is 4.79 Å². The van der Waals surface area contributed by atoms with Crippen LogP contribution in [-0.4, -0.2) is 284 Å². The van der Waals surface area contributed by atoms with Crippen molar-refractivity contribution < 1.29 is 112 Å². The van der Waals surface area contributed by atoms with Gasteiger partial charge in [0.2, 0.25) is 88.6 Å². The number of thioether (sulfide) groups is 1. The molecule has 28 N–H and O–H groups in total. The minimum atomic E-state index is -1.85. The predicted octanol–water partition coefficient (Wildman–Crippen LogP) is -7.80. The number of amides is 15. The van der Waals surface area contributed by atoms with Crippen molar-refractivity contribution in [1.82, 2.24) is 79.8 Å². The number of hydrogen-bond donors (Lipinski definition) is 24. The largest absolute Gasteiger partial charge is 0.508 e. The number of aliphatic imine (C=N–C) groups is 1. The van der Waals surface area contributed by atoms with Gasteiger partial charge in [-0.05, 0) is 101 Å². The van der Waals surface area contributed by atoms with Crippen LogP contribution in [0.5, 0.6) is 5.75 Å². The number of aromatic hydroxyl groups is 1. The molecule has 2 fully saturated rings. The van der Waals surface area contributed by atoms with Gasteiger partial charge < -0.3 is 128 Å². The first kappa shape index (κ1) is 102. The van der Waals surface area contributed by atoms with Crippen molar-refractivity contribution in [3.63, 3.8) is 0 Å². The van der Waals surface area contributed by atoms with Crippen molar-refractivity contribution in [3.8, 4) is 5.75 Å². The summed E-state index contributed by atoms with van der Waals surface area (Å²) in [5.41, 5.74) is 23.1. The Hall–Kier alpha value is -10.7. The zero-order valence-corrected chi connectivity index (χ0v) is 70.2. The lowest BCUT2D eigenvalue weighted by atomic mass is 10.0. The molecule has 46 heteroatoms. The third-order valence-corrected chi connectivity index (χ3v) is 21.9. The number of phenolic OH excluding ortho intramolecular Hbond substituents is 1. The number of nitrogens with one attached hydrogen (secondary N) is 15. The second-order valence-corrected chi connectivity index (χ2v) is 33.1. The predicted molar refractivity (Wildman–Crippen MR) is 439 cm³/mol. The van der Waals surface area contributed by atoms with E-state index in [9.17, 15) is 107 Å². The number of aliphatic carboxylic acids is 1. The van der Waals surface area contributed by atoms with E-state index in [1.54, 1.807) is 44.2 Å². The number of carboxylic acid groups (broad SMARTS) is 1. The normalized spacial score (nSPS) is 20.7. The number of nitrogens with zero attached hydrogens (tertiary/aromatic N) is 1. The lowest BCUT2D eigenvalue weighted by Crippen LogP contribution is -2.62. The Balaban J connectivity index is 1.48. The Morgan fingerprint density at radius 3 is 1.77 bits per heavy atom. The molecule has 0 aliphatic carbocycles. The van der Waals surface area contributed by atoms with E-state index in [1.807, 2.05) is 0 Å². The number of aliphatic hydroxyl groups excluding tert-OH is 3. The molecule has 0 bridgehead atoms. The number of aliphatic hydroxyl groups is 3. The van der Waals surface area contributed by atoms with E-state index in [0.717, 1.165) is 47.2 Å². The first-order valence-corrected chi connectivity index (χ1v) is 42.2. The van der Waals surface area contributed by atoms with Gasteiger partial charge in [0.25, 0.3) is 0 Å². The molecule has 2 aliphatic rings. The first-order chi connectivity index (χ1) is 56.6. The van der Waals surface area contributed by atoms with Gasteiger partial charge in [-0.15, -0.1) is 11.8 Å². The van der Waals surface area contributed by atoms with Crippen LogP contribution < -0.4 is 103 Å². The van der Waals surface area contributed by atoms with Crippen molar-refractivity contribution in [3.05, 3.63) is 65.7 Å². The highest BCUT2D eigenvalue weighted by Crippen LogP contribution is 2.25. The van der Waals surface area contributed by atoms with Gasteiger partial charge in [-0.3, -0.25) is 87.0 Å². The summed E-state index contributed by atoms with van der Waals surface area (Å²) in [7, 11) is 1.82. The molecule has 2 saturated heterocycles. The monoisotopic (exact) mass is 1750 g/mol. The van der Waals surface area contributed by atoms with E-state index < -0.39 is 235 Å². The summed E-state index contributed by atoms with van der Waals surface area (Å²) in [6.07, 6.45) is -3.84. The number of carboxylic acids is 1. The maximum absolute atomic E-state index is 14.5. The fraction of sp³-hybridized carbons (Fsp3) is 0.595. The van der Waals surface area contributed by atoms with E-state index in [0.29, 0.717) is 30.5 Å². The standard InChI is InChI=1S/C74H114N20O23S3/c1-35(2)25-46(63(106)85-44(60(76)103)17-12-13-23-75)87-65(108)49(28-56(101)102)89-64(107)47(26-41-15-10-9-11-16-41)90-71(114)58(38(6)96)94-68(111)51-32-118-55(84-51)31-117-73(116)37(5)81-62(105)45(18-14-24-79-74(77)78)86-70(113)57(36(3)4)92-69(112)53-34-120-119-33-52(82-40(8)98)67(110)88-48(27-42-19-21-43(99)22-20-42)66(109)93-59(39(7)97)72(115)91-50(30-95)61(104)80-29-54(100)83-53/h9-11,15-16,19-22,35-39,44-53,55,57-59,84,95-97,99H,12-14,17-18,23-34,75H2,1-8H3,(H2,76,103)(H,80,104)(H,81,105)(H,82,98)(H,83,100)(H,85,106)(H,86,113)(H,87,108)(H,88,110)(H,89,107)(H,90,114)(H,91,115)(H,92,112)(H,93,109)(H,94,111)(H,101,102)(H4,77,78,79)/t37-,38+,39+,44-,45-,46-,47-,48-,49-,50-,51-,52-,53-,55?,57-,58-,59-/m0/s1. The maximum atomic E-state index is 14.5. The first-order valence-electron chi connectivity index (χ1n) is 38.6. The molecule has 17 atom stereocenters. The van der Waals surface area contributed by atoms with E-state index in [-0.39, 0.29) is 80.0 Å². The Bertz CT molecular complexity index is 3890. The van der Waals surface area contributed by atoms with Gasteiger partial charge in [0.05, 0.1) is 43.2 Å². The Morgan fingerprint density at radius 1 is 0.600 bits per heavy atom. The number of nitrogens with two attached hydrogens (primary N) is 4. The molecule has 666 valence electrons. The van der Waals surface area contributed by atoms with Gasteiger partial charge in [-0.2, -0.15) is 0 Å². The second-order valence-electron chi connectivity index (χ2n) is 29.3. The highest BCUT2D eigenvalue weighted by molar-refractivity contribution is 8.76. The Morgan fingerprint density at radius 2 is 1.18 bits per heavy atom. The lowest BCUT2D eigenvalue weighted by molar-refractivity contribution is -0.147. The lowest BCUT2D eigenvalue weighted by Gasteiger charge is -2.28. The van der Waals surface area contributed by atoms with Crippen LogP contribution in [-0.2, 0) is 99.1 Å². The highest BCUT2D eigenvalue weighted by atomic mass is 33.1. The number of phenols is 1. The SMILES string of the molecule is CC(=O)N[C@H]1CSSC[C@@H](C(=O)N[C@H](C(=O)N[C@@H](CCCN=C(N)N)C(=O)N[C@@H](C)C(=O)OCC2N[C@H](C(=O)N[C@H](C(=O)N[C@@H](Cc3ccccc3)C(=O)N[C@@H](CC(=O)O)C(=O)N[C@@H](CC(C)C)C(=O)N[C@@H](CCCCN)C(N)=O)[C@@H](C)O)CS2)C(C)C)NC(=O)CNC(=O)[C@H](CO)NC(=O)[C@H]([C@@H](C)O)NC(=O)[C@H](Cc2ccc(O)cc2)NC1=O. The van der Waals surface area contributed by atoms with Crippen molar-refractivity contribution >= 4 is 140 Å². The summed E-state index contributed by atoms with van der Waals surface area (Å²) < 4.78 is 5.54. The highest BCUT2D eigenvalue weighted by Gasteiger charge is 2.41. The molecule has 0 saturated carbocycles. The molecule has 0 radical (unpaired) electrons. The minimum Gasteiger partial charge on any atom is -0.508 e. The zero-order valence-electron chi connectivity index (χ0n) is 67.8. The van der Waals surface area contributed by atoms with Gasteiger partial charge in [-0.1, -0.05) is 91.7 Å². The quantitative estimate of drug-likeness (QED) is 0.00967. The average Bonchev–Trinajstić information content (AvgIpc) is 1.71. The molecule has 4 rings (SSSR count). The Kier molecular flexibility index (Phi) is 43.8. The van der Waals surface area contributed by atoms with Crippen LogP contribution in [0.1, 0.15) is 111 Å². The summed E-state index contributed by atoms with van der Waals surface area (Å²) >= 11 is 1.11. The van der Waals surface area contributed by atoms with Crippen molar-refractivity contribution in [2.75, 3.05) is 50.1 Å². The second kappa shape index (κ2) is 51.7. The summed E-state index contributed by atoms with van der Waals surface area (Å²) in [5.74, 6) is -19.2. The van der Waals surface area contributed by atoms with Gasteiger partial charge in [0.1, 0.15) is 90.9 Å². The third kappa shape index (κ3) is 36.1. The zero-order chi connectivity index (χ0) is 89.6. The van der Waals surface area contributed by atoms with Crippen LogP contribution in [0.3, 0.4) is 0 Å². The summed E-state index contributed by atoms with van der Waals surface area (Å²) in [5, 5.41) is 88.1. The number of benzene rings is 2. The van der Waals surface area contributed by atoms with E-state index in [2.05, 4.69) is 84.7 Å². The summed E-state index contributed by atoms with van der Waals surface area (Å²) in [6, 6.07) is -7.64. The summed E-state index contributed by atoms with van der Waals surface area (Å²) in [6.45, 7) is 9.13. The number of rotatable bonds is 41. The molecule has 2 heterocycles. The summed E-state index contributed by atoms with van der Waals surface area (Å²) in [4.78, 5) is 236. The van der Waals surface area contributed by atoms with Gasteiger partial charge in [0, 0.05) is 43.6 Å². The molecular formula is C74H114N20O23S3. The molecular weight excluding hydrogens is 1630 g/mol. The number of primary amides is 1. The van der Waals surface area contributed by atoms with Gasteiger partial charge in [0.15, 0.2) is 5.96 Å². The van der Waals surface area contributed by atoms with Crippen molar-refractivity contribution in [1.29, 1.82) is 0 Å². The minimum absolute atomic E-state index is 0.00264. The molecule has 0 spiro atoms. The van der Waals surface area contributed by atoms with Crippen LogP contribution >= 0.6 is 33.3 Å². The molecule has 120 heavy (non-hydrogen) atoms. The fourth-order valence-corrected chi connectivity index (χ4v) is 15.2. The third-order valence-electron chi connectivity index (χ3n) is 18.2. The van der Waals surface area contributed by atoms with Crippen LogP contribution in [0.4, 0.5) is 0 Å².